The minimum absolute atomic E-state index is 0.0612. The lowest BCUT2D eigenvalue weighted by Gasteiger charge is -2.13. The van der Waals surface area contributed by atoms with Crippen LogP contribution >= 0.6 is 0 Å². The molecule has 0 fully saturated rings. The van der Waals surface area contributed by atoms with Crippen LogP contribution in [0, 0.1) is 10.1 Å². The number of anilines is 1. The number of benzene rings is 2. The Bertz CT molecular complexity index is 741. The second-order valence-electron chi connectivity index (χ2n) is 4.59. The van der Waals surface area contributed by atoms with Crippen molar-refractivity contribution in [1.82, 2.24) is 0 Å². The average molecular weight is 339 g/mol. The number of hydrogen-bond donors (Lipinski definition) is 1. The van der Waals surface area contributed by atoms with Crippen molar-refractivity contribution in [3.8, 4) is 5.75 Å². The largest absolute Gasteiger partial charge is 0.497 e. The molecule has 9 heteroatoms. The molecule has 0 radical (unpaired) electrons. The molecule has 0 aliphatic heterocycles. The quantitative estimate of drug-likeness (QED) is 0.390. The zero-order valence-corrected chi connectivity index (χ0v) is 12.4. The van der Waals surface area contributed by atoms with Crippen LogP contribution < -0.4 is 10.1 Å². The number of hydrogen-bond acceptors (Lipinski definition) is 4. The summed E-state index contributed by atoms with van der Waals surface area (Å²) in [6, 6.07) is 10.3. The molecule has 0 heterocycles. The van der Waals surface area contributed by atoms with Gasteiger partial charge >= 0.3 is 6.18 Å². The monoisotopic (exact) mass is 339 g/mol. The molecule has 2 aromatic carbocycles. The highest BCUT2D eigenvalue weighted by Crippen LogP contribution is 2.25. The zero-order chi connectivity index (χ0) is 17.7. The predicted molar refractivity (Wildman–Crippen MR) is 82.9 cm³/mol. The Labute approximate surface area is 134 Å². The minimum atomic E-state index is -4.72. The highest BCUT2D eigenvalue weighted by atomic mass is 19.4. The molecule has 126 valence electrons. The van der Waals surface area contributed by atoms with Crippen molar-refractivity contribution < 1.29 is 22.8 Å². The molecule has 0 saturated heterocycles. The van der Waals surface area contributed by atoms with Crippen LogP contribution in [-0.4, -0.2) is 24.0 Å². The van der Waals surface area contributed by atoms with Crippen LogP contribution in [0.1, 0.15) is 0 Å². The molecule has 24 heavy (non-hydrogen) atoms. The number of nitrogens with zero attached hydrogens (tertiary/aromatic N) is 2. The van der Waals surface area contributed by atoms with Gasteiger partial charge in [-0.2, -0.15) is 13.2 Å². The molecule has 6 nitrogen and oxygen atoms in total. The fourth-order valence-corrected chi connectivity index (χ4v) is 1.75. The maximum absolute atomic E-state index is 13.1. The fourth-order valence-electron chi connectivity index (χ4n) is 1.75. The van der Waals surface area contributed by atoms with Gasteiger partial charge in [0.25, 0.3) is 5.69 Å². The van der Waals surface area contributed by atoms with Gasteiger partial charge in [0.2, 0.25) is 5.84 Å². The number of nitro groups is 1. The molecule has 0 amide bonds. The first-order valence-electron chi connectivity index (χ1n) is 6.61. The number of rotatable bonds is 4. The first-order valence-corrected chi connectivity index (χ1v) is 6.61. The zero-order valence-electron chi connectivity index (χ0n) is 12.4. The van der Waals surface area contributed by atoms with Crippen LogP contribution in [0.4, 0.5) is 30.2 Å². The lowest BCUT2D eigenvalue weighted by molar-refractivity contribution is -0.384. The molecule has 0 aliphatic rings. The van der Waals surface area contributed by atoms with Crippen molar-refractivity contribution in [2.75, 3.05) is 12.4 Å². The summed E-state index contributed by atoms with van der Waals surface area (Å²) in [6.45, 7) is 0. The summed E-state index contributed by atoms with van der Waals surface area (Å²) in [5.74, 6) is -0.733. The Morgan fingerprint density at radius 1 is 1.12 bits per heavy atom. The van der Waals surface area contributed by atoms with E-state index >= 15 is 0 Å². The van der Waals surface area contributed by atoms with Crippen molar-refractivity contribution in [2.45, 2.75) is 6.18 Å². The maximum Gasteiger partial charge on any atom is 0.449 e. The number of nitrogens with one attached hydrogen (secondary N) is 1. The van der Waals surface area contributed by atoms with Gasteiger partial charge in [-0.25, -0.2) is 4.99 Å². The van der Waals surface area contributed by atoms with Gasteiger partial charge in [-0.05, 0) is 36.4 Å². The smallest absolute Gasteiger partial charge is 0.449 e. The third-order valence-corrected chi connectivity index (χ3v) is 2.92. The van der Waals surface area contributed by atoms with E-state index in [1.54, 1.807) is 0 Å². The Morgan fingerprint density at radius 2 is 1.71 bits per heavy atom. The number of halogens is 3. The van der Waals surface area contributed by atoms with Crippen molar-refractivity contribution >= 4 is 22.9 Å². The number of amidine groups is 1. The van der Waals surface area contributed by atoms with Crippen LogP contribution in [-0.2, 0) is 0 Å². The second kappa shape index (κ2) is 6.99. The summed E-state index contributed by atoms with van der Waals surface area (Å²) < 4.78 is 44.3. The van der Waals surface area contributed by atoms with E-state index in [0.717, 1.165) is 24.3 Å². The summed E-state index contributed by atoms with van der Waals surface area (Å²) in [6.07, 6.45) is -4.72. The first-order chi connectivity index (χ1) is 11.3. The second-order valence-corrected chi connectivity index (χ2v) is 4.59. The SMILES string of the molecule is COc1ccc(NC(=Nc2ccc([N+](=O)[O-])cc2)C(F)(F)F)cc1. The van der Waals surface area contributed by atoms with E-state index in [9.17, 15) is 23.3 Å². The van der Waals surface area contributed by atoms with E-state index in [1.807, 2.05) is 0 Å². The van der Waals surface area contributed by atoms with Crippen molar-refractivity contribution in [3.63, 3.8) is 0 Å². The van der Waals surface area contributed by atoms with Gasteiger partial charge in [0, 0.05) is 17.8 Å². The molecule has 0 saturated carbocycles. The van der Waals surface area contributed by atoms with E-state index in [0.29, 0.717) is 5.75 Å². The normalized spacial score (nSPS) is 11.9. The minimum Gasteiger partial charge on any atom is -0.497 e. The van der Waals surface area contributed by atoms with Crippen LogP contribution in [0.25, 0.3) is 0 Å². The number of non-ortho nitro benzene ring substituents is 1. The Balaban J connectivity index is 2.28. The molecular formula is C15H12F3N3O3. The van der Waals surface area contributed by atoms with E-state index in [4.69, 9.17) is 4.74 Å². The number of ether oxygens (including phenoxy) is 1. The molecular weight excluding hydrogens is 327 g/mol. The summed E-state index contributed by atoms with van der Waals surface area (Å²) in [7, 11) is 1.44. The molecule has 0 aliphatic carbocycles. The Kier molecular flexibility index (Phi) is 5.02. The highest BCUT2D eigenvalue weighted by Gasteiger charge is 2.36. The number of aliphatic imine (C=N–C) groups is 1. The first kappa shape index (κ1) is 17.3. The molecule has 0 bridgehead atoms. The number of alkyl halides is 3. The van der Waals surface area contributed by atoms with E-state index in [-0.39, 0.29) is 17.1 Å². The van der Waals surface area contributed by atoms with Crippen molar-refractivity contribution in [3.05, 3.63) is 58.6 Å². The summed E-state index contributed by atoms with van der Waals surface area (Å²) in [5.41, 5.74) is -0.117. The molecule has 0 atom stereocenters. The topological polar surface area (TPSA) is 76.8 Å². The molecule has 2 rings (SSSR count). The third kappa shape index (κ3) is 4.45. The predicted octanol–water partition coefficient (Wildman–Crippen LogP) is 4.31. The van der Waals surface area contributed by atoms with E-state index in [2.05, 4.69) is 10.3 Å². The molecule has 1 N–H and O–H groups in total. The molecule has 2 aromatic rings. The lowest BCUT2D eigenvalue weighted by Crippen LogP contribution is -2.30. The van der Waals surface area contributed by atoms with Gasteiger partial charge in [0.1, 0.15) is 5.75 Å². The molecule has 0 spiro atoms. The maximum atomic E-state index is 13.1. The highest BCUT2D eigenvalue weighted by molar-refractivity contribution is 6.01. The Hall–Kier alpha value is -3.10. The molecule has 0 aromatic heterocycles. The van der Waals surface area contributed by atoms with Gasteiger partial charge in [-0.3, -0.25) is 10.1 Å². The summed E-state index contributed by atoms with van der Waals surface area (Å²) in [4.78, 5) is 13.4. The fraction of sp³-hybridized carbons (Fsp3) is 0.133. The van der Waals surface area contributed by atoms with Gasteiger partial charge < -0.3 is 10.1 Å². The standard InChI is InChI=1S/C15H12F3N3O3/c1-24-13-8-4-11(5-9-13)20-14(15(16,17)18)19-10-2-6-12(7-3-10)21(22)23/h2-9H,1H3,(H,19,20). The molecule has 0 unspecified atom stereocenters. The number of methoxy groups -OCH3 is 1. The van der Waals surface area contributed by atoms with Gasteiger partial charge in [0.05, 0.1) is 17.7 Å². The van der Waals surface area contributed by atoms with Crippen LogP contribution in [0.3, 0.4) is 0 Å². The van der Waals surface area contributed by atoms with Gasteiger partial charge in [-0.15, -0.1) is 0 Å². The number of nitro benzene ring substituents is 1. The van der Waals surface area contributed by atoms with Crippen molar-refractivity contribution in [2.24, 2.45) is 4.99 Å². The van der Waals surface area contributed by atoms with Crippen LogP contribution in [0.5, 0.6) is 5.75 Å². The van der Waals surface area contributed by atoms with E-state index < -0.39 is 16.9 Å². The lowest BCUT2D eigenvalue weighted by atomic mass is 10.3. The van der Waals surface area contributed by atoms with E-state index in [1.165, 1.54) is 31.4 Å². The summed E-state index contributed by atoms with van der Waals surface area (Å²) in [5, 5.41) is 12.7. The Morgan fingerprint density at radius 3 is 2.17 bits per heavy atom. The summed E-state index contributed by atoms with van der Waals surface area (Å²) >= 11 is 0. The van der Waals surface area contributed by atoms with Crippen LogP contribution in [0.2, 0.25) is 0 Å². The third-order valence-electron chi connectivity index (χ3n) is 2.92. The van der Waals surface area contributed by atoms with Crippen LogP contribution in [0.15, 0.2) is 53.5 Å². The van der Waals surface area contributed by atoms with Crippen molar-refractivity contribution in [1.29, 1.82) is 0 Å². The van der Waals surface area contributed by atoms with Gasteiger partial charge in [-0.1, -0.05) is 0 Å². The van der Waals surface area contributed by atoms with Gasteiger partial charge in [0.15, 0.2) is 0 Å². The average Bonchev–Trinajstić information content (AvgIpc) is 2.54.